The standard InChI is InChI=1S/C11H14O.5CO.Cr/c1-10-6-3-4-7-11(10)8-5-9-12-2;5*1-2;/h3-4,6-7H2,1-2H3;;;;;;. The van der Waals surface area contributed by atoms with Crippen molar-refractivity contribution in [3.05, 3.63) is 44.4 Å². The number of allylic oxidation sites excluding steroid dienone is 2. The molecule has 0 saturated heterocycles. The molecule has 0 aromatic carbocycles. The average Bonchev–Trinajstić information content (AvgIpc) is 2.69. The quantitative estimate of drug-likeness (QED) is 0.401. The second kappa shape index (κ2) is 37.0. The minimum absolute atomic E-state index is 0.672. The Morgan fingerprint density at radius 1 is 0.913 bits per heavy atom. The van der Waals surface area contributed by atoms with E-state index < -0.39 is 0 Å². The van der Waals surface area contributed by atoms with Crippen molar-refractivity contribution >= 4 is 4.57 Å². The molecule has 0 amide bonds. The third-order valence-electron chi connectivity index (χ3n) is 2.24. The number of hydrogen-bond donors (Lipinski definition) is 0. The van der Waals surface area contributed by atoms with Gasteiger partial charge in [-0.05, 0) is 0 Å². The monoisotopic (exact) mass is 354 g/mol. The van der Waals surface area contributed by atoms with E-state index in [0.29, 0.717) is 4.57 Å². The Kier molecular flexibility index (Phi) is 53.2. The fourth-order valence-corrected chi connectivity index (χ4v) is 1.48. The molecule has 6 nitrogen and oxygen atoms in total. The van der Waals surface area contributed by atoms with Crippen molar-refractivity contribution in [2.75, 3.05) is 7.11 Å². The summed E-state index contributed by atoms with van der Waals surface area (Å²) in [6.07, 6.45) is 4.93. The summed E-state index contributed by atoms with van der Waals surface area (Å²) in [5.74, 6) is 6.12. The van der Waals surface area contributed by atoms with Crippen LogP contribution in [0.5, 0.6) is 0 Å². The molecule has 1 aliphatic carbocycles. The molecule has 0 aromatic heterocycles. The number of methoxy groups -OCH3 is 1. The zero-order valence-corrected chi connectivity index (χ0v) is 14.0. The van der Waals surface area contributed by atoms with Crippen LogP contribution in [0.15, 0.2) is 11.1 Å². The topological polar surface area (TPSA) is 109 Å². The van der Waals surface area contributed by atoms with Crippen molar-refractivity contribution in [2.24, 2.45) is 0 Å². The Bertz CT molecular complexity index is 448. The number of hydrogen-bond acceptors (Lipinski definition) is 1. The molecular weight excluding hydrogens is 340 g/mol. The van der Waals surface area contributed by atoms with Gasteiger partial charge in [0.25, 0.3) is 0 Å². The molecule has 0 saturated carbocycles. The van der Waals surface area contributed by atoms with E-state index in [2.05, 4.69) is 67.9 Å². The number of rotatable bonds is 1. The van der Waals surface area contributed by atoms with Crippen LogP contribution < -0.4 is 0 Å². The van der Waals surface area contributed by atoms with E-state index in [0.717, 1.165) is 6.42 Å². The first-order valence-corrected chi connectivity index (χ1v) is 6.18. The summed E-state index contributed by atoms with van der Waals surface area (Å²) in [5.41, 5.74) is 2.75. The molecular formula is C16H14CrO6. The molecule has 0 aromatic rings. The molecule has 23 heavy (non-hydrogen) atoms. The Balaban J connectivity index is -0.0000000923. The molecule has 1 aliphatic rings. The average molecular weight is 354 g/mol. The molecule has 0 unspecified atom stereocenters. The van der Waals surface area contributed by atoms with Gasteiger partial charge in [0.15, 0.2) is 0 Å². The van der Waals surface area contributed by atoms with Crippen LogP contribution in [0.4, 0.5) is 0 Å². The number of ether oxygens (including phenoxy) is 1. The van der Waals surface area contributed by atoms with Gasteiger partial charge < -0.3 is 0 Å². The van der Waals surface area contributed by atoms with Crippen LogP contribution in [0.25, 0.3) is 0 Å². The molecule has 0 radical (unpaired) electrons. The molecule has 7 heteroatoms. The van der Waals surface area contributed by atoms with E-state index in [4.69, 9.17) is 28.0 Å². The summed E-state index contributed by atoms with van der Waals surface area (Å²) in [4.78, 5) is 0. The van der Waals surface area contributed by atoms with Gasteiger partial charge in [-0.15, -0.1) is 0 Å². The van der Waals surface area contributed by atoms with Crippen molar-refractivity contribution < 1.29 is 43.8 Å². The molecule has 0 spiro atoms. The summed E-state index contributed by atoms with van der Waals surface area (Å²) in [6, 6.07) is 0. The van der Waals surface area contributed by atoms with Gasteiger partial charge in [0.2, 0.25) is 0 Å². The van der Waals surface area contributed by atoms with Crippen LogP contribution in [0, 0.1) is 45.1 Å². The molecule has 0 atom stereocenters. The van der Waals surface area contributed by atoms with Crippen molar-refractivity contribution in [3.63, 3.8) is 0 Å². The van der Waals surface area contributed by atoms with Crippen LogP contribution in [0.3, 0.4) is 0 Å². The molecule has 1 rings (SSSR count). The van der Waals surface area contributed by atoms with Crippen LogP contribution in [-0.2, 0) is 43.8 Å². The van der Waals surface area contributed by atoms with Crippen molar-refractivity contribution in [1.82, 2.24) is 0 Å². The van der Waals surface area contributed by atoms with Gasteiger partial charge in [0.05, 0.1) is 0 Å². The molecule has 0 fully saturated rings. The summed E-state index contributed by atoms with van der Waals surface area (Å²) in [7, 11) is 1.63. The van der Waals surface area contributed by atoms with Crippen molar-refractivity contribution in [1.29, 1.82) is 0 Å². The van der Waals surface area contributed by atoms with E-state index in [9.17, 15) is 0 Å². The third kappa shape index (κ3) is 25.6. The van der Waals surface area contributed by atoms with E-state index in [1.807, 2.05) is 0 Å². The maximum atomic E-state index is 7.50. The fraction of sp³-hybridized carbons (Fsp3) is 0.375. The van der Waals surface area contributed by atoms with Crippen LogP contribution in [0.1, 0.15) is 32.6 Å². The maximum absolute atomic E-state index is 7.50. The molecule has 120 valence electrons. The first kappa shape index (κ1) is 33.1. The van der Waals surface area contributed by atoms with Gasteiger partial charge in [0.1, 0.15) is 0 Å². The van der Waals surface area contributed by atoms with Gasteiger partial charge in [-0.2, -0.15) is 0 Å². The Morgan fingerprint density at radius 3 is 1.65 bits per heavy atom. The fourth-order valence-electron chi connectivity index (χ4n) is 1.40. The second-order valence-corrected chi connectivity index (χ2v) is 3.79. The van der Waals surface area contributed by atoms with Gasteiger partial charge in [-0.1, -0.05) is 0 Å². The normalized spacial score (nSPS) is 9.74. The van der Waals surface area contributed by atoms with Crippen molar-refractivity contribution in [2.45, 2.75) is 32.6 Å². The van der Waals surface area contributed by atoms with Crippen LogP contribution in [-0.4, -0.2) is 11.7 Å². The molecule has 0 bridgehead atoms. The summed E-state index contributed by atoms with van der Waals surface area (Å²) >= 11 is 2.78. The van der Waals surface area contributed by atoms with E-state index in [1.165, 1.54) is 30.4 Å². The van der Waals surface area contributed by atoms with Gasteiger partial charge in [-0.3, -0.25) is 0 Å². The molecule has 0 aliphatic heterocycles. The SMILES string of the molecule is CO[C](=[Cr])C#CC1=C(C)CCCC1.[C-]#[O+].[C-]#[O+].[C-]#[O+].[C-]#[O+].[C-]#[O+]. The Labute approximate surface area is 144 Å². The zero-order chi connectivity index (χ0) is 19.7. The van der Waals surface area contributed by atoms with E-state index in [1.54, 1.807) is 7.11 Å². The predicted octanol–water partition coefficient (Wildman–Crippen LogP) is 2.02. The van der Waals surface area contributed by atoms with Gasteiger partial charge in [0, 0.05) is 0 Å². The molecule has 0 heterocycles. The first-order chi connectivity index (χ1) is 11.2. The van der Waals surface area contributed by atoms with Gasteiger partial charge >= 0.3 is 144 Å². The van der Waals surface area contributed by atoms with Crippen molar-refractivity contribution in [3.8, 4) is 11.8 Å². The predicted molar refractivity (Wildman–Crippen MR) is 70.6 cm³/mol. The summed E-state index contributed by atoms with van der Waals surface area (Å²) in [5, 5.41) is 0. The third-order valence-corrected chi connectivity index (χ3v) is 2.66. The van der Waals surface area contributed by atoms with Crippen LogP contribution in [0.2, 0.25) is 0 Å². The van der Waals surface area contributed by atoms with Gasteiger partial charge in [-0.25, -0.2) is 0 Å². The summed E-state index contributed by atoms with van der Waals surface area (Å²) < 4.78 is 43.1. The zero-order valence-electron chi connectivity index (χ0n) is 12.7. The minimum atomic E-state index is 0.672. The van der Waals surface area contributed by atoms with Crippen LogP contribution >= 0.6 is 0 Å². The van der Waals surface area contributed by atoms with E-state index >= 15 is 0 Å². The first-order valence-electron chi connectivity index (χ1n) is 5.54. The summed E-state index contributed by atoms with van der Waals surface area (Å²) in [6.45, 7) is 24.7. The Morgan fingerprint density at radius 2 is 1.30 bits per heavy atom. The Hall–Kier alpha value is -1.64. The van der Waals surface area contributed by atoms with E-state index in [-0.39, 0.29) is 0 Å². The second-order valence-electron chi connectivity index (χ2n) is 3.21. The molecule has 0 N–H and O–H groups in total.